The molecule has 0 fully saturated rings. The lowest BCUT2D eigenvalue weighted by Crippen LogP contribution is -2.20. The molecule has 102 valence electrons. The molecule has 0 aliphatic rings. The first-order valence-electron chi connectivity index (χ1n) is 6.39. The fourth-order valence-electron chi connectivity index (χ4n) is 2.49. The SMILES string of the molecule is O=c1c2[nH]c(S)nc2c2cccnc2n1-c1ccccc1. The molecule has 4 aromatic rings. The number of hydrogen-bond donors (Lipinski definition) is 2. The van der Waals surface area contributed by atoms with E-state index in [1.807, 2.05) is 42.5 Å². The number of thiol groups is 1. The molecule has 0 aliphatic heterocycles. The lowest BCUT2D eigenvalue weighted by atomic mass is 10.2. The standard InChI is InChI=1S/C15H10N4OS/c20-14-12-11(17-15(21)18-12)10-7-4-8-16-13(10)19(14)9-5-2-1-3-6-9/h1-8H,(H2,17,18,21). The normalized spacial score (nSPS) is 11.3. The van der Waals surface area contributed by atoms with Crippen LogP contribution >= 0.6 is 12.6 Å². The first kappa shape index (κ1) is 12.2. The molecule has 0 amide bonds. The molecule has 0 spiro atoms. The third-order valence-electron chi connectivity index (χ3n) is 3.38. The maximum atomic E-state index is 12.8. The van der Waals surface area contributed by atoms with Gasteiger partial charge in [0.2, 0.25) is 0 Å². The van der Waals surface area contributed by atoms with Crippen molar-refractivity contribution in [3.63, 3.8) is 0 Å². The summed E-state index contributed by atoms with van der Waals surface area (Å²) >= 11 is 4.20. The summed E-state index contributed by atoms with van der Waals surface area (Å²) in [4.78, 5) is 24.3. The van der Waals surface area contributed by atoms with Crippen LogP contribution in [0.25, 0.3) is 27.8 Å². The van der Waals surface area contributed by atoms with Crippen LogP contribution in [-0.2, 0) is 0 Å². The van der Waals surface area contributed by atoms with Crippen molar-refractivity contribution in [2.24, 2.45) is 0 Å². The van der Waals surface area contributed by atoms with Gasteiger partial charge in [-0.3, -0.25) is 9.36 Å². The Bertz CT molecular complexity index is 1020. The van der Waals surface area contributed by atoms with E-state index >= 15 is 0 Å². The molecular weight excluding hydrogens is 284 g/mol. The van der Waals surface area contributed by atoms with Crippen LogP contribution < -0.4 is 5.56 Å². The van der Waals surface area contributed by atoms with E-state index in [4.69, 9.17) is 0 Å². The van der Waals surface area contributed by atoms with Crippen molar-refractivity contribution in [2.45, 2.75) is 5.16 Å². The Morgan fingerprint density at radius 2 is 1.90 bits per heavy atom. The third-order valence-corrected chi connectivity index (χ3v) is 3.59. The third kappa shape index (κ3) is 1.76. The number of imidazole rings is 1. The van der Waals surface area contributed by atoms with E-state index in [9.17, 15) is 4.79 Å². The van der Waals surface area contributed by atoms with Gasteiger partial charge in [0.1, 0.15) is 16.7 Å². The van der Waals surface area contributed by atoms with Crippen molar-refractivity contribution in [3.8, 4) is 5.69 Å². The van der Waals surface area contributed by atoms with E-state index in [1.54, 1.807) is 10.8 Å². The number of rotatable bonds is 1. The van der Waals surface area contributed by atoms with E-state index in [0.717, 1.165) is 11.1 Å². The molecule has 0 radical (unpaired) electrons. The summed E-state index contributed by atoms with van der Waals surface area (Å²) in [5.41, 5.74) is 2.20. The zero-order valence-electron chi connectivity index (χ0n) is 10.8. The largest absolute Gasteiger partial charge is 0.329 e. The Morgan fingerprint density at radius 3 is 2.71 bits per heavy atom. The molecule has 1 N–H and O–H groups in total. The molecule has 21 heavy (non-hydrogen) atoms. The molecule has 5 nitrogen and oxygen atoms in total. The van der Waals surface area contributed by atoms with Crippen LogP contribution in [0.3, 0.4) is 0 Å². The summed E-state index contributed by atoms with van der Waals surface area (Å²) in [6, 6.07) is 13.2. The topological polar surface area (TPSA) is 63.6 Å². The van der Waals surface area contributed by atoms with E-state index in [-0.39, 0.29) is 5.56 Å². The van der Waals surface area contributed by atoms with Crippen LogP contribution in [0.15, 0.2) is 58.6 Å². The van der Waals surface area contributed by atoms with Gasteiger partial charge in [0.15, 0.2) is 5.16 Å². The van der Waals surface area contributed by atoms with Crippen molar-refractivity contribution in [3.05, 3.63) is 59.0 Å². The fraction of sp³-hybridized carbons (Fsp3) is 0. The number of para-hydroxylation sites is 1. The summed E-state index contributed by atoms with van der Waals surface area (Å²) in [5.74, 6) is 0. The van der Waals surface area contributed by atoms with E-state index < -0.39 is 0 Å². The van der Waals surface area contributed by atoms with Gasteiger partial charge < -0.3 is 4.98 Å². The number of aromatic amines is 1. The first-order chi connectivity index (χ1) is 10.3. The van der Waals surface area contributed by atoms with Gasteiger partial charge in [-0.05, 0) is 24.3 Å². The fourth-order valence-corrected chi connectivity index (χ4v) is 2.71. The Morgan fingerprint density at radius 1 is 1.10 bits per heavy atom. The number of aromatic nitrogens is 4. The molecule has 3 aromatic heterocycles. The molecule has 3 heterocycles. The predicted octanol–water partition coefficient (Wildman–Crippen LogP) is 2.55. The molecule has 0 saturated heterocycles. The molecule has 0 aliphatic carbocycles. The molecular formula is C15H10N4OS. The number of fused-ring (bicyclic) bond motifs is 3. The molecule has 0 saturated carbocycles. The second kappa shape index (κ2) is 4.46. The van der Waals surface area contributed by atoms with Gasteiger partial charge in [0.05, 0.1) is 5.69 Å². The lowest BCUT2D eigenvalue weighted by Gasteiger charge is -2.09. The van der Waals surface area contributed by atoms with Crippen LogP contribution in [0.4, 0.5) is 0 Å². The van der Waals surface area contributed by atoms with Crippen LogP contribution in [0, 0.1) is 0 Å². The molecule has 6 heteroatoms. The maximum Gasteiger partial charge on any atom is 0.282 e. The molecule has 0 bridgehead atoms. The van der Waals surface area contributed by atoms with Crippen molar-refractivity contribution < 1.29 is 0 Å². The van der Waals surface area contributed by atoms with Crippen molar-refractivity contribution in [1.82, 2.24) is 19.5 Å². The summed E-state index contributed by atoms with van der Waals surface area (Å²) < 4.78 is 1.59. The Labute approximate surface area is 124 Å². The summed E-state index contributed by atoms with van der Waals surface area (Å²) in [6.45, 7) is 0. The van der Waals surface area contributed by atoms with Crippen LogP contribution in [0.1, 0.15) is 0 Å². The van der Waals surface area contributed by atoms with Crippen LogP contribution in [0.2, 0.25) is 0 Å². The zero-order valence-corrected chi connectivity index (χ0v) is 11.7. The minimum Gasteiger partial charge on any atom is -0.329 e. The van der Waals surface area contributed by atoms with Crippen molar-refractivity contribution in [2.75, 3.05) is 0 Å². The van der Waals surface area contributed by atoms with Gasteiger partial charge in [0.25, 0.3) is 5.56 Å². The number of H-pyrrole nitrogens is 1. The highest BCUT2D eigenvalue weighted by Gasteiger charge is 2.15. The average molecular weight is 294 g/mol. The van der Waals surface area contributed by atoms with Gasteiger partial charge in [-0.25, -0.2) is 9.97 Å². The van der Waals surface area contributed by atoms with E-state index in [2.05, 4.69) is 27.6 Å². The lowest BCUT2D eigenvalue weighted by molar-refractivity contribution is 1.02. The highest BCUT2D eigenvalue weighted by Crippen LogP contribution is 2.22. The number of nitrogens with zero attached hydrogens (tertiary/aromatic N) is 3. The van der Waals surface area contributed by atoms with Crippen LogP contribution in [-0.4, -0.2) is 19.5 Å². The van der Waals surface area contributed by atoms with Gasteiger partial charge in [-0.15, -0.1) is 12.6 Å². The number of benzene rings is 1. The zero-order chi connectivity index (χ0) is 14.4. The molecule has 4 rings (SSSR count). The summed E-state index contributed by atoms with van der Waals surface area (Å²) in [6.07, 6.45) is 1.67. The maximum absolute atomic E-state index is 12.8. The quantitative estimate of drug-likeness (QED) is 0.530. The number of pyridine rings is 2. The monoisotopic (exact) mass is 294 g/mol. The van der Waals surface area contributed by atoms with Crippen molar-refractivity contribution in [1.29, 1.82) is 0 Å². The smallest absolute Gasteiger partial charge is 0.282 e. The Balaban J connectivity index is 2.28. The molecule has 0 unspecified atom stereocenters. The minimum absolute atomic E-state index is 0.185. The van der Waals surface area contributed by atoms with Gasteiger partial charge in [-0.1, -0.05) is 18.2 Å². The van der Waals surface area contributed by atoms with Crippen LogP contribution in [0.5, 0.6) is 0 Å². The number of hydrogen-bond acceptors (Lipinski definition) is 4. The predicted molar refractivity (Wildman–Crippen MR) is 84.2 cm³/mol. The van der Waals surface area contributed by atoms with Gasteiger partial charge in [0, 0.05) is 11.6 Å². The van der Waals surface area contributed by atoms with E-state index in [1.165, 1.54) is 0 Å². The average Bonchev–Trinajstić information content (AvgIpc) is 2.91. The molecule has 0 atom stereocenters. The minimum atomic E-state index is -0.185. The highest BCUT2D eigenvalue weighted by atomic mass is 32.1. The Kier molecular flexibility index (Phi) is 2.58. The second-order valence-corrected chi connectivity index (χ2v) is 5.06. The number of nitrogens with one attached hydrogen (secondary N) is 1. The molecule has 1 aromatic carbocycles. The Hall–Kier alpha value is -2.60. The van der Waals surface area contributed by atoms with Crippen molar-refractivity contribution >= 4 is 34.7 Å². The van der Waals surface area contributed by atoms with Gasteiger partial charge >= 0.3 is 0 Å². The first-order valence-corrected chi connectivity index (χ1v) is 6.84. The second-order valence-electron chi connectivity index (χ2n) is 4.63. The highest BCUT2D eigenvalue weighted by molar-refractivity contribution is 7.80. The summed E-state index contributed by atoms with van der Waals surface area (Å²) in [5, 5.41) is 1.23. The van der Waals surface area contributed by atoms with E-state index in [0.29, 0.717) is 21.8 Å². The summed E-state index contributed by atoms with van der Waals surface area (Å²) in [7, 11) is 0. The van der Waals surface area contributed by atoms with Gasteiger partial charge in [-0.2, -0.15) is 0 Å².